The summed E-state index contributed by atoms with van der Waals surface area (Å²) >= 11 is 3.50. The Morgan fingerprint density at radius 1 is 1.40 bits per heavy atom. The van der Waals surface area contributed by atoms with E-state index < -0.39 is 0 Å². The molecule has 0 amide bonds. The molecule has 0 aliphatic carbocycles. The van der Waals surface area contributed by atoms with Crippen molar-refractivity contribution in [2.75, 3.05) is 0 Å². The van der Waals surface area contributed by atoms with E-state index in [0.717, 1.165) is 17.4 Å². The zero-order valence-corrected chi connectivity index (χ0v) is 10.4. The zero-order valence-electron chi connectivity index (χ0n) is 8.83. The number of allylic oxidation sites excluding steroid dienone is 1. The first-order valence-electron chi connectivity index (χ1n) is 5.11. The third-order valence-corrected chi connectivity index (χ3v) is 3.12. The number of benzene rings is 1. The van der Waals surface area contributed by atoms with E-state index in [1.807, 2.05) is 0 Å². The van der Waals surface area contributed by atoms with Crippen LogP contribution in [-0.2, 0) is 6.54 Å². The maximum absolute atomic E-state index is 4.04. The van der Waals surface area contributed by atoms with E-state index >= 15 is 0 Å². The Morgan fingerprint density at radius 2 is 2.20 bits per heavy atom. The van der Waals surface area contributed by atoms with Crippen molar-refractivity contribution in [3.63, 3.8) is 0 Å². The minimum absolute atomic E-state index is 0.913. The summed E-state index contributed by atoms with van der Waals surface area (Å²) in [5, 5.41) is 1.28. The highest BCUT2D eigenvalue weighted by molar-refractivity contribution is 9.10. The van der Waals surface area contributed by atoms with Gasteiger partial charge in [0.25, 0.3) is 0 Å². The molecule has 0 N–H and O–H groups in total. The van der Waals surface area contributed by atoms with Gasteiger partial charge in [-0.05, 0) is 30.0 Å². The fourth-order valence-corrected chi connectivity index (χ4v) is 2.00. The molecular formula is C13H14BrN. The van der Waals surface area contributed by atoms with Crippen molar-refractivity contribution in [3.05, 3.63) is 47.1 Å². The maximum Gasteiger partial charge on any atom is 0.0494 e. The summed E-state index contributed by atoms with van der Waals surface area (Å²) in [6.07, 6.45) is 3.16. The minimum atomic E-state index is 0.913. The SMILES string of the molecule is C=C(CC)Cn1ccc2ccc(Br)cc21. The van der Waals surface area contributed by atoms with Crippen LogP contribution in [0.5, 0.6) is 0 Å². The Labute approximate surface area is 98.5 Å². The molecule has 0 spiro atoms. The molecule has 0 saturated carbocycles. The molecule has 2 aromatic rings. The molecule has 1 aromatic heterocycles. The lowest BCUT2D eigenvalue weighted by atomic mass is 10.2. The van der Waals surface area contributed by atoms with Gasteiger partial charge in [0.2, 0.25) is 0 Å². The molecule has 0 saturated heterocycles. The molecule has 2 heteroatoms. The first-order valence-corrected chi connectivity index (χ1v) is 5.91. The average molecular weight is 264 g/mol. The molecule has 0 atom stereocenters. The van der Waals surface area contributed by atoms with Gasteiger partial charge in [-0.1, -0.05) is 41.1 Å². The second-order valence-electron chi connectivity index (χ2n) is 3.75. The van der Waals surface area contributed by atoms with Crippen LogP contribution in [0.1, 0.15) is 13.3 Å². The van der Waals surface area contributed by atoms with Crippen molar-refractivity contribution < 1.29 is 0 Å². The summed E-state index contributed by atoms with van der Waals surface area (Å²) < 4.78 is 3.36. The van der Waals surface area contributed by atoms with Crippen molar-refractivity contribution in [2.24, 2.45) is 0 Å². The van der Waals surface area contributed by atoms with Crippen molar-refractivity contribution in [3.8, 4) is 0 Å². The van der Waals surface area contributed by atoms with Crippen molar-refractivity contribution in [1.82, 2.24) is 4.57 Å². The molecule has 0 aliphatic heterocycles. The van der Waals surface area contributed by atoms with E-state index in [2.05, 4.69) is 64.5 Å². The summed E-state index contributed by atoms with van der Waals surface area (Å²) in [5.41, 5.74) is 2.52. The van der Waals surface area contributed by atoms with Crippen LogP contribution >= 0.6 is 15.9 Å². The topological polar surface area (TPSA) is 4.93 Å². The molecule has 1 nitrogen and oxygen atoms in total. The van der Waals surface area contributed by atoms with Gasteiger partial charge in [0.1, 0.15) is 0 Å². The van der Waals surface area contributed by atoms with Crippen LogP contribution in [-0.4, -0.2) is 4.57 Å². The molecule has 78 valence electrons. The van der Waals surface area contributed by atoms with Crippen LogP contribution in [0.25, 0.3) is 10.9 Å². The zero-order chi connectivity index (χ0) is 10.8. The van der Waals surface area contributed by atoms with Gasteiger partial charge in [0, 0.05) is 22.7 Å². The first-order chi connectivity index (χ1) is 7.20. The highest BCUT2D eigenvalue weighted by atomic mass is 79.9. The molecule has 0 aliphatic rings. The van der Waals surface area contributed by atoms with E-state index in [1.165, 1.54) is 16.5 Å². The molecule has 1 aromatic carbocycles. The van der Waals surface area contributed by atoms with Crippen LogP contribution in [0, 0.1) is 0 Å². The van der Waals surface area contributed by atoms with Gasteiger partial charge in [0.15, 0.2) is 0 Å². The van der Waals surface area contributed by atoms with Crippen molar-refractivity contribution in [2.45, 2.75) is 19.9 Å². The minimum Gasteiger partial charge on any atom is -0.343 e. The Bertz CT molecular complexity index is 496. The normalized spacial score (nSPS) is 10.8. The summed E-state index contributed by atoms with van der Waals surface area (Å²) in [6, 6.07) is 8.49. The summed E-state index contributed by atoms with van der Waals surface area (Å²) in [6.45, 7) is 7.10. The number of fused-ring (bicyclic) bond motifs is 1. The lowest BCUT2D eigenvalue weighted by Crippen LogP contribution is -1.97. The van der Waals surface area contributed by atoms with Crippen LogP contribution in [0.15, 0.2) is 47.1 Å². The van der Waals surface area contributed by atoms with Crippen LogP contribution < -0.4 is 0 Å². The smallest absolute Gasteiger partial charge is 0.0494 e. The van der Waals surface area contributed by atoms with Gasteiger partial charge in [-0.25, -0.2) is 0 Å². The summed E-state index contributed by atoms with van der Waals surface area (Å²) in [7, 11) is 0. The highest BCUT2D eigenvalue weighted by Crippen LogP contribution is 2.21. The monoisotopic (exact) mass is 263 g/mol. The molecule has 2 rings (SSSR count). The summed E-state index contributed by atoms with van der Waals surface area (Å²) in [5.74, 6) is 0. The Balaban J connectivity index is 2.43. The number of halogens is 1. The summed E-state index contributed by atoms with van der Waals surface area (Å²) in [4.78, 5) is 0. The second-order valence-corrected chi connectivity index (χ2v) is 4.67. The third-order valence-electron chi connectivity index (χ3n) is 2.63. The highest BCUT2D eigenvalue weighted by Gasteiger charge is 2.01. The first kappa shape index (κ1) is 10.5. The van der Waals surface area contributed by atoms with Gasteiger partial charge in [-0.2, -0.15) is 0 Å². The van der Waals surface area contributed by atoms with Crippen molar-refractivity contribution in [1.29, 1.82) is 0 Å². The van der Waals surface area contributed by atoms with E-state index in [4.69, 9.17) is 0 Å². The molecule has 1 heterocycles. The number of hydrogen-bond donors (Lipinski definition) is 0. The van der Waals surface area contributed by atoms with Crippen LogP contribution in [0.2, 0.25) is 0 Å². The fraction of sp³-hybridized carbons (Fsp3) is 0.231. The second kappa shape index (κ2) is 4.23. The van der Waals surface area contributed by atoms with Crippen molar-refractivity contribution >= 4 is 26.8 Å². The van der Waals surface area contributed by atoms with Gasteiger partial charge in [-0.3, -0.25) is 0 Å². The lowest BCUT2D eigenvalue weighted by molar-refractivity contribution is 0.790. The Kier molecular flexibility index (Phi) is 2.96. The van der Waals surface area contributed by atoms with E-state index in [0.29, 0.717) is 0 Å². The molecule has 0 fully saturated rings. The molecule has 0 radical (unpaired) electrons. The standard InChI is InChI=1S/C13H14BrN/c1-3-10(2)9-15-7-6-11-4-5-12(14)8-13(11)15/h4-8H,2-3,9H2,1H3. The molecular weight excluding hydrogens is 250 g/mol. The van der Waals surface area contributed by atoms with Gasteiger partial charge in [0.05, 0.1) is 0 Å². The molecule has 0 bridgehead atoms. The maximum atomic E-state index is 4.04. The predicted molar refractivity (Wildman–Crippen MR) is 69.1 cm³/mol. The average Bonchev–Trinajstić information content (AvgIpc) is 2.61. The molecule has 0 unspecified atom stereocenters. The van der Waals surface area contributed by atoms with Gasteiger partial charge < -0.3 is 4.57 Å². The van der Waals surface area contributed by atoms with Gasteiger partial charge >= 0.3 is 0 Å². The molecule has 15 heavy (non-hydrogen) atoms. The number of nitrogens with zero attached hydrogens (tertiary/aromatic N) is 1. The van der Waals surface area contributed by atoms with E-state index in [9.17, 15) is 0 Å². The quantitative estimate of drug-likeness (QED) is 0.725. The third kappa shape index (κ3) is 2.15. The van der Waals surface area contributed by atoms with E-state index in [-0.39, 0.29) is 0 Å². The van der Waals surface area contributed by atoms with E-state index in [1.54, 1.807) is 0 Å². The van der Waals surface area contributed by atoms with Crippen LogP contribution in [0.3, 0.4) is 0 Å². The lowest BCUT2D eigenvalue weighted by Gasteiger charge is -2.06. The van der Waals surface area contributed by atoms with Crippen LogP contribution in [0.4, 0.5) is 0 Å². The Hall–Kier alpha value is -1.02. The number of hydrogen-bond acceptors (Lipinski definition) is 0. The predicted octanol–water partition coefficient (Wildman–Crippen LogP) is 4.37. The Morgan fingerprint density at radius 3 is 2.93 bits per heavy atom. The number of rotatable bonds is 3. The number of aromatic nitrogens is 1. The largest absolute Gasteiger partial charge is 0.343 e. The van der Waals surface area contributed by atoms with Gasteiger partial charge in [-0.15, -0.1) is 0 Å². The fourth-order valence-electron chi connectivity index (χ4n) is 1.65.